The van der Waals surface area contributed by atoms with E-state index in [1.54, 1.807) is 11.8 Å². The molecule has 1 amide bonds. The molecule has 1 aromatic heterocycles. The van der Waals surface area contributed by atoms with Gasteiger partial charge in [0.25, 0.3) is 0 Å². The highest BCUT2D eigenvalue weighted by Gasteiger charge is 2.29. The standard InChI is InChI=1S/C15H25N3O3S/c1-10-12(11(2)21-17-10)8-18-6-4-13(14(19)9-18)16-15(20)5-7-22-3/h13-14,19H,4-9H2,1-3H3,(H,16,20). The molecule has 2 heterocycles. The zero-order valence-corrected chi connectivity index (χ0v) is 14.3. The largest absolute Gasteiger partial charge is 0.390 e. The topological polar surface area (TPSA) is 78.6 Å². The minimum Gasteiger partial charge on any atom is -0.390 e. The lowest BCUT2D eigenvalue weighted by atomic mass is 10.0. The number of likely N-dealkylation sites (tertiary alicyclic amines) is 1. The SMILES string of the molecule is CSCCC(=O)NC1CCN(Cc2c(C)noc2C)CC1O. The van der Waals surface area contributed by atoms with E-state index in [-0.39, 0.29) is 11.9 Å². The van der Waals surface area contributed by atoms with Crippen molar-refractivity contribution in [2.75, 3.05) is 25.1 Å². The van der Waals surface area contributed by atoms with Gasteiger partial charge in [-0.2, -0.15) is 11.8 Å². The van der Waals surface area contributed by atoms with Crippen LogP contribution in [0, 0.1) is 13.8 Å². The molecule has 6 nitrogen and oxygen atoms in total. The number of carbonyl (C=O) groups excluding carboxylic acids is 1. The first-order valence-electron chi connectivity index (χ1n) is 7.61. The Balaban J connectivity index is 1.83. The summed E-state index contributed by atoms with van der Waals surface area (Å²) in [5.41, 5.74) is 1.99. The second kappa shape index (κ2) is 7.99. The molecule has 2 rings (SSSR count). The summed E-state index contributed by atoms with van der Waals surface area (Å²) in [5.74, 6) is 1.67. The summed E-state index contributed by atoms with van der Waals surface area (Å²) in [6.07, 6.45) is 2.71. The number of amides is 1. The molecule has 0 aliphatic carbocycles. The molecule has 1 aliphatic rings. The molecule has 22 heavy (non-hydrogen) atoms. The number of β-amino-alcohol motifs (C(OH)–C–C–N with tert-alkyl or cyclic N) is 1. The normalized spacial score (nSPS) is 22.7. The third kappa shape index (κ3) is 4.47. The Morgan fingerprint density at radius 2 is 2.32 bits per heavy atom. The minimum absolute atomic E-state index is 0.0255. The van der Waals surface area contributed by atoms with Gasteiger partial charge in [0, 0.05) is 37.4 Å². The minimum atomic E-state index is -0.535. The summed E-state index contributed by atoms with van der Waals surface area (Å²) >= 11 is 1.65. The fraction of sp³-hybridized carbons (Fsp3) is 0.733. The third-order valence-corrected chi connectivity index (χ3v) is 4.72. The first-order valence-corrected chi connectivity index (χ1v) is 9.01. The number of aromatic nitrogens is 1. The lowest BCUT2D eigenvalue weighted by Crippen LogP contribution is -2.53. The van der Waals surface area contributed by atoms with Crippen LogP contribution in [-0.2, 0) is 11.3 Å². The summed E-state index contributed by atoms with van der Waals surface area (Å²) < 4.78 is 5.18. The van der Waals surface area contributed by atoms with Crippen molar-refractivity contribution in [1.29, 1.82) is 0 Å². The number of hydrogen-bond donors (Lipinski definition) is 2. The monoisotopic (exact) mass is 327 g/mol. The molecule has 124 valence electrons. The van der Waals surface area contributed by atoms with E-state index in [0.717, 1.165) is 42.3 Å². The van der Waals surface area contributed by atoms with Crippen LogP contribution in [0.15, 0.2) is 4.52 Å². The predicted octanol–water partition coefficient (Wildman–Crippen LogP) is 1.10. The van der Waals surface area contributed by atoms with Gasteiger partial charge in [-0.1, -0.05) is 5.16 Å². The van der Waals surface area contributed by atoms with Crippen molar-refractivity contribution in [2.24, 2.45) is 0 Å². The molecule has 7 heteroatoms. The summed E-state index contributed by atoms with van der Waals surface area (Å²) in [5, 5.41) is 17.2. The Morgan fingerprint density at radius 1 is 1.55 bits per heavy atom. The molecule has 1 aromatic rings. The number of thioether (sulfide) groups is 1. The number of nitrogens with one attached hydrogen (secondary N) is 1. The number of rotatable bonds is 6. The van der Waals surface area contributed by atoms with Crippen LogP contribution >= 0.6 is 11.8 Å². The Bertz CT molecular complexity index is 487. The van der Waals surface area contributed by atoms with Crippen LogP contribution in [0.3, 0.4) is 0 Å². The number of piperidine rings is 1. The molecule has 2 atom stereocenters. The van der Waals surface area contributed by atoms with Gasteiger partial charge in [0.05, 0.1) is 17.8 Å². The van der Waals surface area contributed by atoms with Crippen LogP contribution < -0.4 is 5.32 Å². The highest BCUT2D eigenvalue weighted by Crippen LogP contribution is 2.19. The molecule has 0 saturated carbocycles. The number of aliphatic hydroxyl groups excluding tert-OH is 1. The van der Waals surface area contributed by atoms with Gasteiger partial charge in [0.1, 0.15) is 5.76 Å². The zero-order chi connectivity index (χ0) is 16.1. The van der Waals surface area contributed by atoms with Crippen molar-refractivity contribution in [3.05, 3.63) is 17.0 Å². The zero-order valence-electron chi connectivity index (χ0n) is 13.5. The molecule has 0 spiro atoms. The average molecular weight is 327 g/mol. The van der Waals surface area contributed by atoms with E-state index >= 15 is 0 Å². The number of hydrogen-bond acceptors (Lipinski definition) is 6. The maximum Gasteiger partial charge on any atom is 0.221 e. The molecular weight excluding hydrogens is 302 g/mol. The molecular formula is C15H25N3O3S. The highest BCUT2D eigenvalue weighted by molar-refractivity contribution is 7.98. The first kappa shape index (κ1) is 17.3. The Morgan fingerprint density at radius 3 is 2.91 bits per heavy atom. The third-order valence-electron chi connectivity index (χ3n) is 4.11. The predicted molar refractivity (Wildman–Crippen MR) is 86.8 cm³/mol. The summed E-state index contributed by atoms with van der Waals surface area (Å²) in [6, 6.07) is -0.143. The number of aryl methyl sites for hydroxylation is 2. The van der Waals surface area contributed by atoms with Crippen molar-refractivity contribution < 1.29 is 14.4 Å². The lowest BCUT2D eigenvalue weighted by molar-refractivity contribution is -0.123. The van der Waals surface area contributed by atoms with E-state index in [0.29, 0.717) is 13.0 Å². The van der Waals surface area contributed by atoms with E-state index in [1.165, 1.54) is 0 Å². The van der Waals surface area contributed by atoms with Crippen molar-refractivity contribution >= 4 is 17.7 Å². The van der Waals surface area contributed by atoms with Crippen LogP contribution in [0.1, 0.15) is 29.9 Å². The second-order valence-electron chi connectivity index (χ2n) is 5.81. The Labute approximate surface area is 135 Å². The van der Waals surface area contributed by atoms with E-state index < -0.39 is 6.10 Å². The van der Waals surface area contributed by atoms with Gasteiger partial charge < -0.3 is 14.9 Å². The van der Waals surface area contributed by atoms with Crippen LogP contribution in [0.25, 0.3) is 0 Å². The number of aliphatic hydroxyl groups is 1. The van der Waals surface area contributed by atoms with Crippen LogP contribution in [-0.4, -0.2) is 58.3 Å². The summed E-state index contributed by atoms with van der Waals surface area (Å²) in [7, 11) is 0. The van der Waals surface area contributed by atoms with Crippen molar-refractivity contribution in [1.82, 2.24) is 15.4 Å². The van der Waals surface area contributed by atoms with Crippen molar-refractivity contribution in [2.45, 2.75) is 45.4 Å². The number of nitrogens with zero attached hydrogens (tertiary/aromatic N) is 2. The lowest BCUT2D eigenvalue weighted by Gasteiger charge is -2.36. The van der Waals surface area contributed by atoms with Crippen LogP contribution in [0.4, 0.5) is 0 Å². The fourth-order valence-electron chi connectivity index (χ4n) is 2.73. The van der Waals surface area contributed by atoms with Gasteiger partial charge in [0.2, 0.25) is 5.91 Å². The molecule has 2 unspecified atom stereocenters. The van der Waals surface area contributed by atoms with Gasteiger partial charge in [-0.05, 0) is 26.5 Å². The van der Waals surface area contributed by atoms with Gasteiger partial charge in [-0.3, -0.25) is 9.69 Å². The molecule has 0 radical (unpaired) electrons. The molecule has 0 bridgehead atoms. The van der Waals surface area contributed by atoms with Gasteiger partial charge in [-0.15, -0.1) is 0 Å². The summed E-state index contributed by atoms with van der Waals surface area (Å²) in [4.78, 5) is 14.0. The van der Waals surface area contributed by atoms with Crippen LogP contribution in [0.2, 0.25) is 0 Å². The smallest absolute Gasteiger partial charge is 0.221 e. The fourth-order valence-corrected chi connectivity index (χ4v) is 3.12. The van der Waals surface area contributed by atoms with Gasteiger partial charge in [-0.25, -0.2) is 0 Å². The number of carbonyl (C=O) groups is 1. The van der Waals surface area contributed by atoms with E-state index in [1.807, 2.05) is 20.1 Å². The van der Waals surface area contributed by atoms with E-state index in [9.17, 15) is 9.90 Å². The first-order chi connectivity index (χ1) is 10.5. The van der Waals surface area contributed by atoms with E-state index in [2.05, 4.69) is 15.4 Å². The molecule has 0 aromatic carbocycles. The van der Waals surface area contributed by atoms with E-state index in [4.69, 9.17) is 4.52 Å². The molecule has 1 aliphatic heterocycles. The molecule has 1 saturated heterocycles. The maximum atomic E-state index is 11.8. The molecule has 1 fully saturated rings. The summed E-state index contributed by atoms with van der Waals surface area (Å²) in [6.45, 7) is 5.96. The van der Waals surface area contributed by atoms with Gasteiger partial charge in [0.15, 0.2) is 0 Å². The molecule has 2 N–H and O–H groups in total. The van der Waals surface area contributed by atoms with Crippen LogP contribution in [0.5, 0.6) is 0 Å². The second-order valence-corrected chi connectivity index (χ2v) is 6.80. The Kier molecular flexibility index (Phi) is 6.28. The van der Waals surface area contributed by atoms with Crippen molar-refractivity contribution in [3.63, 3.8) is 0 Å². The Hall–Kier alpha value is -1.05. The van der Waals surface area contributed by atoms with Crippen molar-refractivity contribution in [3.8, 4) is 0 Å². The highest BCUT2D eigenvalue weighted by atomic mass is 32.2. The quantitative estimate of drug-likeness (QED) is 0.814. The maximum absolute atomic E-state index is 11.8. The van der Waals surface area contributed by atoms with Gasteiger partial charge >= 0.3 is 0 Å². The average Bonchev–Trinajstić information content (AvgIpc) is 2.80.